The number of benzene rings is 3. The number of aromatic nitrogens is 2. The van der Waals surface area contributed by atoms with Crippen LogP contribution in [-0.4, -0.2) is 32.6 Å². The fourth-order valence-corrected chi connectivity index (χ4v) is 4.20. The van der Waals surface area contributed by atoms with Crippen LogP contribution >= 0.6 is 0 Å². The molecule has 170 valence electrons. The van der Waals surface area contributed by atoms with E-state index in [4.69, 9.17) is 15.2 Å². The lowest BCUT2D eigenvalue weighted by atomic mass is 10.2. The largest absolute Gasteiger partial charge is 0.497 e. The monoisotopic (exact) mass is 465 g/mol. The Kier molecular flexibility index (Phi) is 6.29. The summed E-state index contributed by atoms with van der Waals surface area (Å²) in [6, 6.07) is 18.7. The minimum absolute atomic E-state index is 0.0430. The SMILES string of the molecule is COc1ccc(OC)c(Nc2nc3ccccc3nc2NS(=O)(=O)c2ccc(CN)cc2)c1. The number of hydrogen-bond acceptors (Lipinski definition) is 8. The number of sulfonamides is 1. The van der Waals surface area contributed by atoms with Crippen LogP contribution in [0.1, 0.15) is 5.56 Å². The average Bonchev–Trinajstić information content (AvgIpc) is 2.84. The molecule has 9 nitrogen and oxygen atoms in total. The number of nitrogens with one attached hydrogen (secondary N) is 2. The number of methoxy groups -OCH3 is 2. The maximum absolute atomic E-state index is 13.1. The van der Waals surface area contributed by atoms with E-state index in [1.807, 2.05) is 6.07 Å². The highest BCUT2D eigenvalue weighted by atomic mass is 32.2. The van der Waals surface area contributed by atoms with E-state index in [1.165, 1.54) is 19.2 Å². The van der Waals surface area contributed by atoms with Crippen LogP contribution < -0.4 is 25.2 Å². The van der Waals surface area contributed by atoms with Gasteiger partial charge in [0.25, 0.3) is 10.0 Å². The molecular formula is C23H23N5O4S. The summed E-state index contributed by atoms with van der Waals surface area (Å²) in [4.78, 5) is 9.18. The Bertz CT molecular complexity index is 1390. The lowest BCUT2D eigenvalue weighted by Crippen LogP contribution is -2.16. The zero-order chi connectivity index (χ0) is 23.4. The van der Waals surface area contributed by atoms with Gasteiger partial charge in [0.1, 0.15) is 11.5 Å². The van der Waals surface area contributed by atoms with Gasteiger partial charge in [-0.15, -0.1) is 0 Å². The van der Waals surface area contributed by atoms with Gasteiger partial charge >= 0.3 is 0 Å². The molecule has 0 aliphatic carbocycles. The molecule has 4 rings (SSSR count). The van der Waals surface area contributed by atoms with E-state index < -0.39 is 10.0 Å². The molecule has 3 aromatic carbocycles. The molecule has 0 radical (unpaired) electrons. The molecule has 1 heterocycles. The van der Waals surface area contributed by atoms with Crippen LogP contribution in [0.4, 0.5) is 17.3 Å². The van der Waals surface area contributed by atoms with Crippen LogP contribution in [0.15, 0.2) is 71.6 Å². The fourth-order valence-electron chi connectivity index (χ4n) is 3.19. The zero-order valence-electron chi connectivity index (χ0n) is 18.1. The van der Waals surface area contributed by atoms with Gasteiger partial charge in [0.2, 0.25) is 0 Å². The molecule has 0 aliphatic rings. The Morgan fingerprint density at radius 2 is 1.55 bits per heavy atom. The zero-order valence-corrected chi connectivity index (χ0v) is 18.9. The van der Waals surface area contributed by atoms with Gasteiger partial charge in [-0.2, -0.15) is 0 Å². The third-order valence-electron chi connectivity index (χ3n) is 4.93. The molecule has 0 spiro atoms. The number of fused-ring (bicyclic) bond motifs is 1. The molecular weight excluding hydrogens is 442 g/mol. The molecule has 0 saturated heterocycles. The second kappa shape index (κ2) is 9.31. The van der Waals surface area contributed by atoms with E-state index in [-0.39, 0.29) is 16.5 Å². The summed E-state index contributed by atoms with van der Waals surface area (Å²) >= 11 is 0. The second-order valence-electron chi connectivity index (χ2n) is 7.05. The van der Waals surface area contributed by atoms with Crippen LogP contribution in [0, 0.1) is 0 Å². The lowest BCUT2D eigenvalue weighted by molar-refractivity contribution is 0.405. The van der Waals surface area contributed by atoms with Gasteiger partial charge in [-0.05, 0) is 42.0 Å². The first-order chi connectivity index (χ1) is 15.9. The molecule has 4 aromatic rings. The highest BCUT2D eigenvalue weighted by Gasteiger charge is 2.20. The number of ether oxygens (including phenoxy) is 2. The third kappa shape index (κ3) is 4.81. The average molecular weight is 466 g/mol. The van der Waals surface area contributed by atoms with E-state index >= 15 is 0 Å². The van der Waals surface area contributed by atoms with Crippen molar-refractivity contribution in [3.05, 3.63) is 72.3 Å². The molecule has 33 heavy (non-hydrogen) atoms. The summed E-state index contributed by atoms with van der Waals surface area (Å²) in [5, 5.41) is 3.13. The van der Waals surface area contributed by atoms with E-state index in [0.717, 1.165) is 5.56 Å². The van der Waals surface area contributed by atoms with E-state index in [2.05, 4.69) is 20.0 Å². The molecule has 10 heteroatoms. The summed E-state index contributed by atoms with van der Waals surface area (Å²) in [6.45, 7) is 0.320. The van der Waals surface area contributed by atoms with Crippen molar-refractivity contribution in [1.82, 2.24) is 9.97 Å². The van der Waals surface area contributed by atoms with E-state index in [1.54, 1.807) is 55.6 Å². The van der Waals surface area contributed by atoms with Crippen molar-refractivity contribution in [2.24, 2.45) is 5.73 Å². The summed E-state index contributed by atoms with van der Waals surface area (Å²) < 4.78 is 39.4. The van der Waals surface area contributed by atoms with Crippen molar-refractivity contribution in [3.8, 4) is 11.5 Å². The van der Waals surface area contributed by atoms with Crippen molar-refractivity contribution < 1.29 is 17.9 Å². The smallest absolute Gasteiger partial charge is 0.263 e. The minimum atomic E-state index is -3.94. The Morgan fingerprint density at radius 1 is 0.879 bits per heavy atom. The second-order valence-corrected chi connectivity index (χ2v) is 8.74. The maximum Gasteiger partial charge on any atom is 0.263 e. The predicted molar refractivity (Wildman–Crippen MR) is 128 cm³/mol. The van der Waals surface area contributed by atoms with Gasteiger partial charge in [0, 0.05) is 12.6 Å². The standard InChI is InChI=1S/C23H23N5O4S/c1-31-16-9-12-21(32-2)20(13-16)27-22-23(26-19-6-4-3-5-18(19)25-22)28-33(29,30)17-10-7-15(14-24)8-11-17/h3-13H,14,24H2,1-2H3,(H,25,27)(H,26,28). The van der Waals surface area contributed by atoms with Gasteiger partial charge < -0.3 is 20.5 Å². The van der Waals surface area contributed by atoms with Gasteiger partial charge in [0.05, 0.1) is 35.8 Å². The fraction of sp³-hybridized carbons (Fsp3) is 0.130. The van der Waals surface area contributed by atoms with E-state index in [9.17, 15) is 8.42 Å². The van der Waals surface area contributed by atoms with Gasteiger partial charge in [-0.3, -0.25) is 4.72 Å². The lowest BCUT2D eigenvalue weighted by Gasteiger charge is -2.16. The number of para-hydroxylation sites is 2. The summed E-state index contributed by atoms with van der Waals surface area (Å²) in [7, 11) is -0.852. The van der Waals surface area contributed by atoms with Crippen LogP contribution in [0.5, 0.6) is 11.5 Å². The molecule has 0 amide bonds. The van der Waals surface area contributed by atoms with E-state index in [0.29, 0.717) is 34.8 Å². The highest BCUT2D eigenvalue weighted by molar-refractivity contribution is 7.92. The van der Waals surface area contributed by atoms with Crippen LogP contribution in [0.3, 0.4) is 0 Å². The number of nitrogens with two attached hydrogens (primary N) is 1. The first-order valence-electron chi connectivity index (χ1n) is 10.0. The molecule has 4 N–H and O–H groups in total. The Morgan fingerprint density at radius 3 is 2.15 bits per heavy atom. The molecule has 0 atom stereocenters. The van der Waals surface area contributed by atoms with Crippen molar-refractivity contribution in [3.63, 3.8) is 0 Å². The number of nitrogens with zero attached hydrogens (tertiary/aromatic N) is 2. The topological polar surface area (TPSA) is 128 Å². The van der Waals surface area contributed by atoms with Gasteiger partial charge in [-0.1, -0.05) is 24.3 Å². The molecule has 0 unspecified atom stereocenters. The summed E-state index contributed by atoms with van der Waals surface area (Å²) in [5.74, 6) is 1.37. The van der Waals surface area contributed by atoms with Crippen LogP contribution in [0.25, 0.3) is 11.0 Å². The quantitative estimate of drug-likeness (QED) is 0.360. The molecule has 0 fully saturated rings. The third-order valence-corrected chi connectivity index (χ3v) is 6.29. The predicted octanol–water partition coefficient (Wildman–Crippen LogP) is 3.65. The van der Waals surface area contributed by atoms with Crippen molar-refractivity contribution >= 4 is 38.4 Å². The van der Waals surface area contributed by atoms with Gasteiger partial charge in [-0.25, -0.2) is 18.4 Å². The maximum atomic E-state index is 13.1. The number of anilines is 3. The van der Waals surface area contributed by atoms with Crippen molar-refractivity contribution in [2.45, 2.75) is 11.4 Å². The molecule has 0 saturated carbocycles. The highest BCUT2D eigenvalue weighted by Crippen LogP contribution is 2.34. The normalized spacial score (nSPS) is 11.2. The molecule has 0 bridgehead atoms. The van der Waals surface area contributed by atoms with Crippen molar-refractivity contribution in [1.29, 1.82) is 0 Å². The molecule has 1 aromatic heterocycles. The summed E-state index contributed by atoms with van der Waals surface area (Å²) in [6.07, 6.45) is 0. The summed E-state index contributed by atoms with van der Waals surface area (Å²) in [5.41, 5.74) is 8.11. The van der Waals surface area contributed by atoms with Gasteiger partial charge in [0.15, 0.2) is 11.6 Å². The van der Waals surface area contributed by atoms with Crippen molar-refractivity contribution in [2.75, 3.05) is 24.3 Å². The Hall–Kier alpha value is -3.89. The number of hydrogen-bond donors (Lipinski definition) is 3. The first kappa shape index (κ1) is 22.3. The molecule has 0 aliphatic heterocycles. The van der Waals surface area contributed by atoms with Crippen LogP contribution in [0.2, 0.25) is 0 Å². The Labute approximate surface area is 191 Å². The Balaban J connectivity index is 1.78. The number of rotatable bonds is 8. The minimum Gasteiger partial charge on any atom is -0.497 e. The van der Waals surface area contributed by atoms with Crippen LogP contribution in [-0.2, 0) is 16.6 Å². The first-order valence-corrected chi connectivity index (χ1v) is 11.5.